The Labute approximate surface area is 80.4 Å². The third-order valence-electron chi connectivity index (χ3n) is 2.44. The molecule has 1 aromatic carbocycles. The number of benzene rings is 1. The van der Waals surface area contributed by atoms with E-state index in [9.17, 15) is 0 Å². The molecule has 0 aromatic heterocycles. The summed E-state index contributed by atoms with van der Waals surface area (Å²) in [7, 11) is 0. The first-order chi connectivity index (χ1) is 6.31. The molecule has 0 radical (unpaired) electrons. The minimum absolute atomic E-state index is 0.248. The largest absolute Gasteiger partial charge is 0.396 e. The zero-order valence-corrected chi connectivity index (χ0v) is 8.51. The second-order valence-electron chi connectivity index (χ2n) is 3.28. The fraction of sp³-hybridized carbons (Fsp3) is 0.500. The van der Waals surface area contributed by atoms with E-state index in [-0.39, 0.29) is 6.61 Å². The maximum atomic E-state index is 8.87. The second kappa shape index (κ2) is 5.03. The van der Waals surface area contributed by atoms with Gasteiger partial charge in [0.25, 0.3) is 0 Å². The molecular weight excluding hydrogens is 160 g/mol. The average molecular weight is 178 g/mol. The molecule has 72 valence electrons. The normalized spacial score (nSPS) is 10.4. The van der Waals surface area contributed by atoms with Crippen molar-refractivity contribution >= 4 is 0 Å². The van der Waals surface area contributed by atoms with Gasteiger partial charge in [-0.05, 0) is 36.0 Å². The first-order valence-electron chi connectivity index (χ1n) is 5.03. The Balaban J connectivity index is 2.93. The van der Waals surface area contributed by atoms with Gasteiger partial charge in [-0.1, -0.05) is 32.0 Å². The highest BCUT2D eigenvalue weighted by Gasteiger charge is 2.00. The van der Waals surface area contributed by atoms with Crippen molar-refractivity contribution in [3.8, 4) is 0 Å². The topological polar surface area (TPSA) is 20.2 Å². The molecule has 1 nitrogen and oxygen atoms in total. The summed E-state index contributed by atoms with van der Waals surface area (Å²) in [6.07, 6.45) is 2.93. The van der Waals surface area contributed by atoms with Crippen molar-refractivity contribution in [1.29, 1.82) is 0 Å². The molecule has 0 aliphatic rings. The summed E-state index contributed by atoms with van der Waals surface area (Å²) in [5.41, 5.74) is 4.06. The summed E-state index contributed by atoms with van der Waals surface area (Å²) < 4.78 is 0. The lowest BCUT2D eigenvalue weighted by Crippen LogP contribution is -1.97. The van der Waals surface area contributed by atoms with E-state index in [4.69, 9.17) is 5.11 Å². The maximum absolute atomic E-state index is 8.87. The fourth-order valence-electron chi connectivity index (χ4n) is 1.59. The molecule has 0 unspecified atom stereocenters. The quantitative estimate of drug-likeness (QED) is 0.750. The molecule has 0 aliphatic carbocycles. The van der Waals surface area contributed by atoms with Crippen LogP contribution in [-0.4, -0.2) is 11.7 Å². The summed E-state index contributed by atoms with van der Waals surface area (Å²) in [6, 6.07) is 6.56. The van der Waals surface area contributed by atoms with Gasteiger partial charge in [0, 0.05) is 6.61 Å². The monoisotopic (exact) mass is 178 g/mol. The standard InChI is InChI=1S/C12H18O/c1-3-10-5-6-12(7-8-13)11(4-2)9-10/h5-6,9,13H,3-4,7-8H2,1-2H3. The zero-order valence-electron chi connectivity index (χ0n) is 8.51. The smallest absolute Gasteiger partial charge is 0.0471 e. The minimum atomic E-state index is 0.248. The summed E-state index contributed by atoms with van der Waals surface area (Å²) in [5, 5.41) is 8.87. The van der Waals surface area contributed by atoms with Gasteiger partial charge in [-0.25, -0.2) is 0 Å². The Morgan fingerprint density at radius 2 is 1.85 bits per heavy atom. The molecule has 0 fully saturated rings. The van der Waals surface area contributed by atoms with Crippen LogP contribution in [0, 0.1) is 0 Å². The van der Waals surface area contributed by atoms with Gasteiger partial charge in [0.1, 0.15) is 0 Å². The number of hydrogen-bond acceptors (Lipinski definition) is 1. The van der Waals surface area contributed by atoms with Crippen molar-refractivity contribution in [2.24, 2.45) is 0 Å². The van der Waals surface area contributed by atoms with E-state index >= 15 is 0 Å². The van der Waals surface area contributed by atoms with Crippen LogP contribution in [0.15, 0.2) is 18.2 Å². The van der Waals surface area contributed by atoms with Crippen molar-refractivity contribution in [1.82, 2.24) is 0 Å². The summed E-state index contributed by atoms with van der Waals surface area (Å²) >= 11 is 0. The van der Waals surface area contributed by atoms with Gasteiger partial charge >= 0.3 is 0 Å². The van der Waals surface area contributed by atoms with E-state index in [0.717, 1.165) is 19.3 Å². The second-order valence-corrected chi connectivity index (χ2v) is 3.28. The Bertz CT molecular complexity index is 266. The molecule has 0 heterocycles. The SMILES string of the molecule is CCc1ccc(CCO)c(CC)c1. The Morgan fingerprint density at radius 1 is 1.08 bits per heavy atom. The van der Waals surface area contributed by atoms with Crippen LogP contribution in [0.25, 0.3) is 0 Å². The molecule has 0 bridgehead atoms. The first-order valence-corrected chi connectivity index (χ1v) is 5.03. The van der Waals surface area contributed by atoms with Crippen LogP contribution in [0.5, 0.6) is 0 Å². The maximum Gasteiger partial charge on any atom is 0.0471 e. The van der Waals surface area contributed by atoms with Crippen LogP contribution in [0.2, 0.25) is 0 Å². The van der Waals surface area contributed by atoms with Crippen LogP contribution < -0.4 is 0 Å². The van der Waals surface area contributed by atoms with Crippen molar-refractivity contribution in [2.45, 2.75) is 33.1 Å². The first kappa shape index (κ1) is 10.3. The lowest BCUT2D eigenvalue weighted by molar-refractivity contribution is 0.299. The highest BCUT2D eigenvalue weighted by molar-refractivity contribution is 5.32. The van der Waals surface area contributed by atoms with Gasteiger partial charge < -0.3 is 5.11 Å². The van der Waals surface area contributed by atoms with Crippen LogP contribution in [0.3, 0.4) is 0 Å². The van der Waals surface area contributed by atoms with Gasteiger partial charge in [-0.3, -0.25) is 0 Å². The lowest BCUT2D eigenvalue weighted by atomic mass is 9.99. The molecule has 1 N–H and O–H groups in total. The van der Waals surface area contributed by atoms with Gasteiger partial charge in [-0.2, -0.15) is 0 Å². The Kier molecular flexibility index (Phi) is 3.97. The van der Waals surface area contributed by atoms with E-state index in [0.29, 0.717) is 0 Å². The molecule has 0 saturated heterocycles. The molecule has 0 spiro atoms. The number of rotatable bonds is 4. The van der Waals surface area contributed by atoms with Crippen molar-refractivity contribution < 1.29 is 5.11 Å². The highest BCUT2D eigenvalue weighted by atomic mass is 16.2. The minimum Gasteiger partial charge on any atom is -0.396 e. The third-order valence-corrected chi connectivity index (χ3v) is 2.44. The van der Waals surface area contributed by atoms with Crippen LogP contribution in [-0.2, 0) is 19.3 Å². The van der Waals surface area contributed by atoms with Crippen molar-refractivity contribution in [3.63, 3.8) is 0 Å². The van der Waals surface area contributed by atoms with E-state index < -0.39 is 0 Å². The van der Waals surface area contributed by atoms with Gasteiger partial charge in [0.2, 0.25) is 0 Å². The molecule has 1 heteroatoms. The molecule has 13 heavy (non-hydrogen) atoms. The molecule has 0 atom stereocenters. The molecule has 1 rings (SSSR count). The van der Waals surface area contributed by atoms with Crippen molar-refractivity contribution in [2.75, 3.05) is 6.61 Å². The molecule has 0 saturated carbocycles. The van der Waals surface area contributed by atoms with Crippen LogP contribution in [0.4, 0.5) is 0 Å². The van der Waals surface area contributed by atoms with Crippen LogP contribution in [0.1, 0.15) is 30.5 Å². The van der Waals surface area contributed by atoms with Gasteiger partial charge in [0.15, 0.2) is 0 Å². The predicted molar refractivity (Wildman–Crippen MR) is 56.0 cm³/mol. The molecule has 0 aliphatic heterocycles. The number of hydrogen-bond donors (Lipinski definition) is 1. The average Bonchev–Trinajstić information content (AvgIpc) is 2.19. The summed E-state index contributed by atoms with van der Waals surface area (Å²) in [6.45, 7) is 4.58. The lowest BCUT2D eigenvalue weighted by Gasteiger charge is -2.08. The Morgan fingerprint density at radius 3 is 2.38 bits per heavy atom. The van der Waals surface area contributed by atoms with Gasteiger partial charge in [-0.15, -0.1) is 0 Å². The van der Waals surface area contributed by atoms with Gasteiger partial charge in [0.05, 0.1) is 0 Å². The zero-order chi connectivity index (χ0) is 9.68. The van der Waals surface area contributed by atoms with E-state index in [1.807, 2.05) is 0 Å². The number of aryl methyl sites for hydroxylation is 2. The Hall–Kier alpha value is -0.820. The number of aliphatic hydroxyl groups is 1. The van der Waals surface area contributed by atoms with E-state index in [2.05, 4.69) is 32.0 Å². The summed E-state index contributed by atoms with van der Waals surface area (Å²) in [5.74, 6) is 0. The third kappa shape index (κ3) is 2.56. The summed E-state index contributed by atoms with van der Waals surface area (Å²) in [4.78, 5) is 0. The van der Waals surface area contributed by atoms with Crippen molar-refractivity contribution in [3.05, 3.63) is 34.9 Å². The molecule has 0 amide bonds. The fourth-order valence-corrected chi connectivity index (χ4v) is 1.59. The highest BCUT2D eigenvalue weighted by Crippen LogP contribution is 2.13. The van der Waals surface area contributed by atoms with E-state index in [1.54, 1.807) is 0 Å². The predicted octanol–water partition coefficient (Wildman–Crippen LogP) is 2.35. The van der Waals surface area contributed by atoms with E-state index in [1.165, 1.54) is 16.7 Å². The molecule has 1 aromatic rings. The molecular formula is C12H18O. The van der Waals surface area contributed by atoms with Crippen LogP contribution >= 0.6 is 0 Å². The number of aliphatic hydroxyl groups excluding tert-OH is 1.